The Bertz CT molecular complexity index is 1170. The SMILES string of the molecule is CC(C)(C)N(Cc1ccccc1)C(=O)CSc1ncnc2c1cnn2-c1ccccc1. The molecule has 0 saturated heterocycles. The van der Waals surface area contributed by atoms with Crippen molar-refractivity contribution in [3.05, 3.63) is 78.8 Å². The maximum absolute atomic E-state index is 13.2. The van der Waals surface area contributed by atoms with Crippen LogP contribution in [-0.2, 0) is 11.3 Å². The number of carbonyl (C=O) groups is 1. The Balaban J connectivity index is 1.54. The second-order valence-electron chi connectivity index (χ2n) is 8.23. The van der Waals surface area contributed by atoms with Gasteiger partial charge in [-0.3, -0.25) is 4.79 Å². The van der Waals surface area contributed by atoms with E-state index in [1.165, 1.54) is 18.1 Å². The van der Waals surface area contributed by atoms with Gasteiger partial charge in [-0.15, -0.1) is 0 Å². The molecule has 0 saturated carbocycles. The summed E-state index contributed by atoms with van der Waals surface area (Å²) in [6.07, 6.45) is 3.29. The zero-order chi connectivity index (χ0) is 21.8. The molecule has 31 heavy (non-hydrogen) atoms. The maximum atomic E-state index is 13.2. The molecular weight excluding hydrogens is 406 g/mol. The van der Waals surface area contributed by atoms with Crippen LogP contribution in [0.3, 0.4) is 0 Å². The molecule has 158 valence electrons. The van der Waals surface area contributed by atoms with Crippen molar-refractivity contribution in [3.8, 4) is 5.69 Å². The molecule has 4 aromatic rings. The summed E-state index contributed by atoms with van der Waals surface area (Å²) >= 11 is 1.43. The third-order valence-electron chi connectivity index (χ3n) is 4.96. The third-order valence-corrected chi connectivity index (χ3v) is 5.95. The molecule has 0 N–H and O–H groups in total. The lowest BCUT2D eigenvalue weighted by atomic mass is 10.0. The van der Waals surface area contributed by atoms with Gasteiger partial charge in [0, 0.05) is 12.1 Å². The predicted molar refractivity (Wildman–Crippen MR) is 124 cm³/mol. The van der Waals surface area contributed by atoms with Crippen molar-refractivity contribution < 1.29 is 4.79 Å². The molecule has 0 aliphatic carbocycles. The molecule has 1 amide bonds. The summed E-state index contributed by atoms with van der Waals surface area (Å²) in [7, 11) is 0. The highest BCUT2D eigenvalue weighted by Crippen LogP contribution is 2.27. The van der Waals surface area contributed by atoms with Crippen LogP contribution in [0.2, 0.25) is 0 Å². The van der Waals surface area contributed by atoms with E-state index in [0.29, 0.717) is 12.3 Å². The standard InChI is InChI=1S/C24H25N5OS/c1-24(2,3)28(15-18-10-6-4-7-11-18)21(30)16-31-23-20-14-27-29(22(20)25-17-26-23)19-12-8-5-9-13-19/h4-14,17H,15-16H2,1-3H3. The van der Waals surface area contributed by atoms with E-state index < -0.39 is 0 Å². The van der Waals surface area contributed by atoms with E-state index in [1.54, 1.807) is 10.9 Å². The van der Waals surface area contributed by atoms with E-state index >= 15 is 0 Å². The van der Waals surface area contributed by atoms with Crippen molar-refractivity contribution in [2.45, 2.75) is 37.9 Å². The largest absolute Gasteiger partial charge is 0.333 e. The Morgan fingerprint density at radius 1 is 1.00 bits per heavy atom. The molecule has 0 fully saturated rings. The van der Waals surface area contributed by atoms with Gasteiger partial charge in [0.25, 0.3) is 0 Å². The Morgan fingerprint density at radius 2 is 1.68 bits per heavy atom. The molecule has 2 heterocycles. The molecule has 0 spiro atoms. The van der Waals surface area contributed by atoms with E-state index in [4.69, 9.17) is 0 Å². The molecule has 2 aromatic carbocycles. The van der Waals surface area contributed by atoms with Gasteiger partial charge in [-0.25, -0.2) is 14.6 Å². The molecular formula is C24H25N5OS. The van der Waals surface area contributed by atoms with E-state index in [1.807, 2.05) is 65.6 Å². The van der Waals surface area contributed by atoms with E-state index in [2.05, 4.69) is 35.8 Å². The van der Waals surface area contributed by atoms with Crippen LogP contribution in [0.1, 0.15) is 26.3 Å². The van der Waals surface area contributed by atoms with E-state index in [9.17, 15) is 4.79 Å². The molecule has 0 radical (unpaired) electrons. The van der Waals surface area contributed by atoms with Gasteiger partial charge in [-0.1, -0.05) is 60.3 Å². The molecule has 0 bridgehead atoms. The summed E-state index contributed by atoms with van der Waals surface area (Å²) in [6, 6.07) is 19.9. The summed E-state index contributed by atoms with van der Waals surface area (Å²) < 4.78 is 1.79. The van der Waals surface area contributed by atoms with Crippen molar-refractivity contribution in [1.29, 1.82) is 0 Å². The minimum Gasteiger partial charge on any atom is -0.333 e. The van der Waals surface area contributed by atoms with Gasteiger partial charge in [-0.05, 0) is 38.5 Å². The summed E-state index contributed by atoms with van der Waals surface area (Å²) in [6.45, 7) is 6.76. The number of benzene rings is 2. The lowest BCUT2D eigenvalue weighted by molar-refractivity contribution is -0.133. The van der Waals surface area contributed by atoms with Crippen LogP contribution in [0, 0.1) is 0 Å². The first-order chi connectivity index (χ1) is 14.9. The fourth-order valence-corrected chi connectivity index (χ4v) is 4.21. The minimum absolute atomic E-state index is 0.0727. The molecule has 6 nitrogen and oxygen atoms in total. The average molecular weight is 432 g/mol. The lowest BCUT2D eigenvalue weighted by Crippen LogP contribution is -2.45. The smallest absolute Gasteiger partial charge is 0.233 e. The lowest BCUT2D eigenvalue weighted by Gasteiger charge is -2.36. The van der Waals surface area contributed by atoms with Crippen molar-refractivity contribution >= 4 is 28.7 Å². The van der Waals surface area contributed by atoms with Crippen molar-refractivity contribution in [1.82, 2.24) is 24.6 Å². The fraction of sp³-hybridized carbons (Fsp3) is 0.250. The van der Waals surface area contributed by atoms with Crippen LogP contribution in [0.25, 0.3) is 16.7 Å². The number of rotatable bonds is 6. The summed E-state index contributed by atoms with van der Waals surface area (Å²) in [5.41, 5.74) is 2.49. The number of hydrogen-bond donors (Lipinski definition) is 0. The van der Waals surface area contributed by atoms with Crippen molar-refractivity contribution in [3.63, 3.8) is 0 Å². The van der Waals surface area contributed by atoms with Crippen molar-refractivity contribution in [2.75, 3.05) is 5.75 Å². The summed E-state index contributed by atoms with van der Waals surface area (Å²) in [4.78, 5) is 23.9. The van der Waals surface area contributed by atoms with Gasteiger partial charge >= 0.3 is 0 Å². The molecule has 0 unspecified atom stereocenters. The topological polar surface area (TPSA) is 63.9 Å². The van der Waals surface area contributed by atoms with Crippen molar-refractivity contribution in [2.24, 2.45) is 0 Å². The Hall–Kier alpha value is -3.19. The number of thioether (sulfide) groups is 1. The van der Waals surface area contributed by atoms with Gasteiger partial charge in [0.15, 0.2) is 5.65 Å². The maximum Gasteiger partial charge on any atom is 0.233 e. The molecule has 0 aliphatic heterocycles. The number of para-hydroxylation sites is 1. The van der Waals surface area contributed by atoms with E-state index in [-0.39, 0.29) is 11.4 Å². The van der Waals surface area contributed by atoms with Crippen LogP contribution < -0.4 is 0 Å². The summed E-state index contributed by atoms with van der Waals surface area (Å²) in [5, 5.41) is 6.09. The number of amides is 1. The highest BCUT2D eigenvalue weighted by molar-refractivity contribution is 8.00. The van der Waals surface area contributed by atoms with Crippen LogP contribution in [-0.4, -0.2) is 41.8 Å². The molecule has 7 heteroatoms. The van der Waals surface area contributed by atoms with Gasteiger partial charge in [0.05, 0.1) is 23.0 Å². The van der Waals surface area contributed by atoms with Crippen LogP contribution in [0.15, 0.2) is 78.2 Å². The zero-order valence-electron chi connectivity index (χ0n) is 17.9. The first-order valence-electron chi connectivity index (χ1n) is 10.1. The molecule has 2 aromatic heterocycles. The van der Waals surface area contributed by atoms with Crippen LogP contribution in [0.4, 0.5) is 0 Å². The highest BCUT2D eigenvalue weighted by atomic mass is 32.2. The second kappa shape index (κ2) is 8.89. The highest BCUT2D eigenvalue weighted by Gasteiger charge is 2.27. The number of fused-ring (bicyclic) bond motifs is 1. The minimum atomic E-state index is -0.285. The molecule has 0 atom stereocenters. The predicted octanol–water partition coefficient (Wildman–Crippen LogP) is 4.73. The molecule has 4 rings (SSSR count). The Morgan fingerprint density at radius 3 is 2.35 bits per heavy atom. The Labute approximate surface area is 186 Å². The summed E-state index contributed by atoms with van der Waals surface area (Å²) in [5.74, 6) is 0.371. The normalized spacial score (nSPS) is 11.6. The number of nitrogens with zero attached hydrogens (tertiary/aromatic N) is 5. The number of aromatic nitrogens is 4. The second-order valence-corrected chi connectivity index (χ2v) is 9.20. The fourth-order valence-electron chi connectivity index (χ4n) is 3.37. The van der Waals surface area contributed by atoms with Gasteiger partial charge < -0.3 is 4.90 Å². The quantitative estimate of drug-likeness (QED) is 0.326. The van der Waals surface area contributed by atoms with Crippen LogP contribution >= 0.6 is 11.8 Å². The average Bonchev–Trinajstić information content (AvgIpc) is 3.21. The van der Waals surface area contributed by atoms with Gasteiger partial charge in [0.1, 0.15) is 11.4 Å². The number of hydrogen-bond acceptors (Lipinski definition) is 5. The Kier molecular flexibility index (Phi) is 6.04. The molecule has 0 aliphatic rings. The number of carbonyl (C=O) groups excluding carboxylic acids is 1. The van der Waals surface area contributed by atoms with Crippen LogP contribution in [0.5, 0.6) is 0 Å². The monoisotopic (exact) mass is 431 g/mol. The third kappa shape index (κ3) is 4.77. The van der Waals surface area contributed by atoms with E-state index in [0.717, 1.165) is 27.3 Å². The first-order valence-corrected chi connectivity index (χ1v) is 11.1. The van der Waals surface area contributed by atoms with Gasteiger partial charge in [0.2, 0.25) is 5.91 Å². The zero-order valence-corrected chi connectivity index (χ0v) is 18.7. The van der Waals surface area contributed by atoms with Gasteiger partial charge in [-0.2, -0.15) is 5.10 Å². The first kappa shape index (κ1) is 21.1.